The molecule has 0 aromatic carbocycles. The van der Waals surface area contributed by atoms with Gasteiger partial charge < -0.3 is 24.7 Å². The van der Waals surface area contributed by atoms with Crippen molar-refractivity contribution in [3.8, 4) is 11.8 Å². The molecule has 10 heteroatoms. The van der Waals surface area contributed by atoms with Gasteiger partial charge in [-0.05, 0) is 50.3 Å². The predicted molar refractivity (Wildman–Crippen MR) is 130 cm³/mol. The number of thiophene rings is 1. The van der Waals surface area contributed by atoms with Crippen molar-refractivity contribution in [1.82, 2.24) is 19.9 Å². The van der Waals surface area contributed by atoms with E-state index in [4.69, 9.17) is 26.1 Å². The van der Waals surface area contributed by atoms with Crippen molar-refractivity contribution >= 4 is 45.7 Å². The second-order valence-electron chi connectivity index (χ2n) is 9.42. The molecule has 2 saturated carbocycles. The standard InChI is InChI=1S/C24H24ClN5O3S/c1-23(2)32-19-18(14-10-24(14,20(19)33-23)22(31)27-4)30-11-28-17-15(26-3)9-12(29-21(17)30)5-6-13-7-8-16(25)34-13/h7-9,11,14,18-20H,10H2,1-4H3,(H,26,29)(H,27,31)/t14-,18+,19-,20-,24?/m0/s1. The van der Waals surface area contributed by atoms with Gasteiger partial charge in [-0.25, -0.2) is 9.97 Å². The Balaban J connectivity index is 1.45. The van der Waals surface area contributed by atoms with Gasteiger partial charge in [0.25, 0.3) is 0 Å². The van der Waals surface area contributed by atoms with Crippen LogP contribution in [-0.2, 0) is 14.3 Å². The zero-order chi connectivity index (χ0) is 23.8. The summed E-state index contributed by atoms with van der Waals surface area (Å²) in [4.78, 5) is 23.4. The molecule has 6 rings (SSSR count). The Kier molecular flexibility index (Phi) is 4.78. The molecule has 1 saturated heterocycles. The quantitative estimate of drug-likeness (QED) is 0.539. The normalized spacial score (nSPS) is 30.4. The third kappa shape index (κ3) is 3.09. The second-order valence-corrected chi connectivity index (χ2v) is 11.1. The van der Waals surface area contributed by atoms with E-state index in [9.17, 15) is 4.79 Å². The third-order valence-corrected chi connectivity index (χ3v) is 8.25. The van der Waals surface area contributed by atoms with Crippen LogP contribution in [-0.4, -0.2) is 52.5 Å². The first-order chi connectivity index (χ1) is 16.3. The van der Waals surface area contributed by atoms with Gasteiger partial charge in [0.15, 0.2) is 11.4 Å². The molecule has 4 heterocycles. The van der Waals surface area contributed by atoms with Crippen molar-refractivity contribution in [2.45, 2.75) is 44.3 Å². The van der Waals surface area contributed by atoms with Crippen LogP contribution in [0.3, 0.4) is 0 Å². The topological polar surface area (TPSA) is 90.3 Å². The van der Waals surface area contributed by atoms with Gasteiger partial charge in [0.2, 0.25) is 5.91 Å². The van der Waals surface area contributed by atoms with Crippen molar-refractivity contribution in [3.63, 3.8) is 0 Å². The molecule has 1 unspecified atom stereocenters. The second kappa shape index (κ2) is 7.43. The number of halogens is 1. The monoisotopic (exact) mass is 497 g/mol. The maximum atomic E-state index is 13.0. The summed E-state index contributed by atoms with van der Waals surface area (Å²) in [5.74, 6) is 5.62. The van der Waals surface area contributed by atoms with E-state index in [0.29, 0.717) is 15.7 Å². The van der Waals surface area contributed by atoms with Crippen LogP contribution in [0.25, 0.3) is 11.2 Å². The van der Waals surface area contributed by atoms with Crippen molar-refractivity contribution < 1.29 is 14.3 Å². The van der Waals surface area contributed by atoms with Gasteiger partial charge in [0, 0.05) is 20.0 Å². The molecule has 5 atom stereocenters. The fourth-order valence-corrected chi connectivity index (χ4v) is 6.58. The summed E-state index contributed by atoms with van der Waals surface area (Å²) >= 11 is 7.46. The molecule has 176 valence electrons. The molecular formula is C24H24ClN5O3S. The number of carbonyl (C=O) groups excluding carboxylic acids is 1. The number of aromatic nitrogens is 3. The summed E-state index contributed by atoms with van der Waals surface area (Å²) in [6.45, 7) is 3.79. The van der Waals surface area contributed by atoms with Gasteiger partial charge in [-0.15, -0.1) is 11.3 Å². The minimum absolute atomic E-state index is 0.00533. The number of carbonyl (C=O) groups is 1. The van der Waals surface area contributed by atoms with Crippen LogP contribution in [0.5, 0.6) is 0 Å². The first kappa shape index (κ1) is 21.9. The SMILES string of the molecule is CNC(=O)C12C[C@H]1[C@@H](n1cnc3c(NC)cc(C#Cc4ccc(Cl)s4)nc31)[C@@H]1OC(C)(C)O[C@@H]12. The number of imidazole rings is 1. The summed E-state index contributed by atoms with van der Waals surface area (Å²) < 4.78 is 15.4. The molecule has 3 fully saturated rings. The Hall–Kier alpha value is -2.64. The minimum Gasteiger partial charge on any atom is -0.386 e. The van der Waals surface area contributed by atoms with Crippen LogP contribution >= 0.6 is 22.9 Å². The average Bonchev–Trinajstić information content (AvgIpc) is 3.09. The Labute approximate surface area is 206 Å². The van der Waals surface area contributed by atoms with Gasteiger partial charge >= 0.3 is 0 Å². The average molecular weight is 498 g/mol. The van der Waals surface area contributed by atoms with Crippen molar-refractivity contribution in [3.05, 3.63) is 39.4 Å². The Bertz CT molecular complexity index is 1390. The summed E-state index contributed by atoms with van der Waals surface area (Å²) in [5.41, 5.74) is 2.33. The lowest BCUT2D eigenvalue weighted by Gasteiger charge is -2.24. The molecule has 0 spiro atoms. The van der Waals surface area contributed by atoms with Crippen LogP contribution in [0.15, 0.2) is 24.5 Å². The van der Waals surface area contributed by atoms with Gasteiger partial charge in [0.05, 0.1) is 32.7 Å². The summed E-state index contributed by atoms with van der Waals surface area (Å²) in [5, 5.41) is 6.05. The molecule has 3 aliphatic rings. The van der Waals surface area contributed by atoms with E-state index >= 15 is 0 Å². The highest BCUT2D eigenvalue weighted by molar-refractivity contribution is 7.16. The molecule has 1 aliphatic heterocycles. The largest absolute Gasteiger partial charge is 0.386 e. The number of rotatable bonds is 3. The van der Waals surface area contributed by atoms with Gasteiger partial charge in [-0.2, -0.15) is 0 Å². The fourth-order valence-electron chi connectivity index (χ4n) is 5.69. The first-order valence-corrected chi connectivity index (χ1v) is 12.4. The van der Waals surface area contributed by atoms with Gasteiger partial charge in [0.1, 0.15) is 23.4 Å². The number of amides is 1. The molecule has 0 bridgehead atoms. The van der Waals surface area contributed by atoms with E-state index in [0.717, 1.165) is 22.5 Å². The van der Waals surface area contributed by atoms with E-state index in [2.05, 4.69) is 27.5 Å². The van der Waals surface area contributed by atoms with Crippen LogP contribution in [0, 0.1) is 23.2 Å². The molecular weight excluding hydrogens is 474 g/mol. The molecule has 2 aliphatic carbocycles. The van der Waals surface area contributed by atoms with E-state index in [1.54, 1.807) is 13.4 Å². The van der Waals surface area contributed by atoms with Crippen molar-refractivity contribution in [2.75, 3.05) is 19.4 Å². The van der Waals surface area contributed by atoms with Crippen molar-refractivity contribution in [2.24, 2.45) is 11.3 Å². The third-order valence-electron chi connectivity index (χ3n) is 7.10. The van der Waals surface area contributed by atoms with Gasteiger partial charge in [-0.3, -0.25) is 4.79 Å². The van der Waals surface area contributed by atoms with Crippen LogP contribution < -0.4 is 10.6 Å². The lowest BCUT2D eigenvalue weighted by atomic mass is 9.98. The Morgan fingerprint density at radius 2 is 2.12 bits per heavy atom. The molecule has 1 amide bonds. The highest BCUT2D eigenvalue weighted by Gasteiger charge is 2.79. The summed E-state index contributed by atoms with van der Waals surface area (Å²) in [7, 11) is 3.53. The van der Waals surface area contributed by atoms with Crippen LogP contribution in [0.1, 0.15) is 36.9 Å². The lowest BCUT2D eigenvalue weighted by molar-refractivity contribution is -0.164. The fraction of sp³-hybridized carbons (Fsp3) is 0.458. The Morgan fingerprint density at radius 1 is 1.29 bits per heavy atom. The number of pyridine rings is 1. The highest BCUT2D eigenvalue weighted by atomic mass is 35.5. The minimum atomic E-state index is -0.763. The zero-order valence-corrected chi connectivity index (χ0v) is 20.8. The van der Waals surface area contributed by atoms with E-state index in [1.807, 2.05) is 43.7 Å². The number of nitrogens with one attached hydrogen (secondary N) is 2. The summed E-state index contributed by atoms with van der Waals surface area (Å²) in [6.07, 6.45) is 1.95. The first-order valence-electron chi connectivity index (χ1n) is 11.2. The number of hydrogen-bond donors (Lipinski definition) is 2. The highest BCUT2D eigenvalue weighted by Crippen LogP contribution is 2.71. The van der Waals surface area contributed by atoms with Crippen LogP contribution in [0.4, 0.5) is 5.69 Å². The molecule has 34 heavy (non-hydrogen) atoms. The number of ether oxygens (including phenoxy) is 2. The van der Waals surface area contributed by atoms with Crippen LogP contribution in [0.2, 0.25) is 4.34 Å². The van der Waals surface area contributed by atoms with E-state index in [1.165, 1.54) is 11.3 Å². The zero-order valence-electron chi connectivity index (χ0n) is 19.2. The number of hydrogen-bond acceptors (Lipinski definition) is 7. The molecule has 2 N–H and O–H groups in total. The smallest absolute Gasteiger partial charge is 0.229 e. The molecule has 8 nitrogen and oxygen atoms in total. The number of nitrogens with zero attached hydrogens (tertiary/aromatic N) is 3. The maximum absolute atomic E-state index is 13.0. The molecule has 3 aromatic rings. The van der Waals surface area contributed by atoms with Crippen molar-refractivity contribution in [1.29, 1.82) is 0 Å². The van der Waals surface area contributed by atoms with E-state index in [-0.39, 0.29) is 30.1 Å². The predicted octanol–water partition coefficient (Wildman–Crippen LogP) is 3.41. The summed E-state index contributed by atoms with van der Waals surface area (Å²) in [6, 6.07) is 5.50. The lowest BCUT2D eigenvalue weighted by Crippen LogP contribution is -2.40. The molecule has 3 aromatic heterocycles. The molecule has 0 radical (unpaired) electrons. The van der Waals surface area contributed by atoms with E-state index < -0.39 is 11.2 Å². The maximum Gasteiger partial charge on any atom is 0.229 e. The Morgan fingerprint density at radius 3 is 2.82 bits per heavy atom. The number of anilines is 1. The number of fused-ring (bicyclic) bond motifs is 4. The van der Waals surface area contributed by atoms with Gasteiger partial charge in [-0.1, -0.05) is 11.6 Å².